The highest BCUT2D eigenvalue weighted by molar-refractivity contribution is 5.91. The third-order valence-electron chi connectivity index (χ3n) is 5.34. The van der Waals surface area contributed by atoms with E-state index in [-0.39, 0.29) is 5.91 Å². The molecule has 0 aliphatic carbocycles. The highest BCUT2D eigenvalue weighted by Gasteiger charge is 2.37. The Morgan fingerprint density at radius 1 is 1.12 bits per heavy atom. The number of ether oxygens (including phenoxy) is 1. The van der Waals surface area contributed by atoms with E-state index in [1.54, 1.807) is 19.2 Å². The number of benzene rings is 1. The molecule has 0 unspecified atom stereocenters. The minimum atomic E-state index is -0.0261. The Balaban J connectivity index is 1.48. The predicted octanol–water partition coefficient (Wildman–Crippen LogP) is 3.02. The molecule has 0 radical (unpaired) electrons. The van der Waals surface area contributed by atoms with Crippen molar-refractivity contribution in [3.63, 3.8) is 0 Å². The van der Waals surface area contributed by atoms with Gasteiger partial charge in [0, 0.05) is 38.3 Å². The average Bonchev–Trinajstić information content (AvgIpc) is 2.95. The lowest BCUT2D eigenvalue weighted by Gasteiger charge is -2.36. The summed E-state index contributed by atoms with van der Waals surface area (Å²) in [5.74, 6) is 1.25. The van der Waals surface area contributed by atoms with Crippen LogP contribution in [0.15, 0.2) is 46.9 Å². The number of carbonyl (C=O) groups is 1. The molecule has 2 atom stereocenters. The third kappa shape index (κ3) is 3.42. The SMILES string of the molecule is COc1ccc(C(=O)N2C[C@@H]3CC[C@H](C2)N(Cc2ccccc2)C3)o1. The number of hydrogen-bond donors (Lipinski definition) is 0. The van der Waals surface area contributed by atoms with Crippen LogP contribution >= 0.6 is 0 Å². The molecule has 1 aromatic heterocycles. The zero-order chi connectivity index (χ0) is 17.2. The van der Waals surface area contributed by atoms with E-state index < -0.39 is 0 Å². The lowest BCUT2D eigenvalue weighted by atomic mass is 9.94. The number of carbonyl (C=O) groups excluding carboxylic acids is 1. The van der Waals surface area contributed by atoms with Gasteiger partial charge in [-0.15, -0.1) is 0 Å². The lowest BCUT2D eigenvalue weighted by Crippen LogP contribution is -2.43. The van der Waals surface area contributed by atoms with E-state index >= 15 is 0 Å². The third-order valence-corrected chi connectivity index (χ3v) is 5.34. The first-order chi connectivity index (χ1) is 12.2. The molecule has 3 fully saturated rings. The molecule has 3 aliphatic rings. The maximum Gasteiger partial charge on any atom is 0.289 e. The van der Waals surface area contributed by atoms with Gasteiger partial charge in [-0.2, -0.15) is 0 Å². The Morgan fingerprint density at radius 3 is 2.72 bits per heavy atom. The molecular weight excluding hydrogens is 316 g/mol. The smallest absolute Gasteiger partial charge is 0.289 e. The van der Waals surface area contributed by atoms with Crippen LogP contribution in [-0.4, -0.2) is 48.5 Å². The van der Waals surface area contributed by atoms with Crippen molar-refractivity contribution in [1.82, 2.24) is 9.80 Å². The van der Waals surface area contributed by atoms with Gasteiger partial charge in [-0.25, -0.2) is 0 Å². The van der Waals surface area contributed by atoms with Crippen molar-refractivity contribution < 1.29 is 13.9 Å². The summed E-state index contributed by atoms with van der Waals surface area (Å²) >= 11 is 0. The van der Waals surface area contributed by atoms with E-state index in [0.29, 0.717) is 23.7 Å². The van der Waals surface area contributed by atoms with Crippen LogP contribution in [0.4, 0.5) is 0 Å². The summed E-state index contributed by atoms with van der Waals surface area (Å²) in [6.45, 7) is 3.60. The molecule has 132 valence electrons. The standard InChI is InChI=1S/C20H24N2O3/c1-24-19-10-9-18(25-19)20(23)22-13-16-7-8-17(14-22)21(12-16)11-15-5-3-2-4-6-15/h2-6,9-10,16-17H,7-8,11-14H2,1H3/t16-,17-/m1/s1. The van der Waals surface area contributed by atoms with Gasteiger partial charge in [0.1, 0.15) is 0 Å². The molecule has 1 amide bonds. The number of nitrogens with zero attached hydrogens (tertiary/aromatic N) is 2. The van der Waals surface area contributed by atoms with Gasteiger partial charge in [0.15, 0.2) is 5.76 Å². The highest BCUT2D eigenvalue weighted by Crippen LogP contribution is 2.30. The first kappa shape index (κ1) is 16.2. The molecule has 5 heteroatoms. The van der Waals surface area contributed by atoms with Gasteiger partial charge in [0.05, 0.1) is 7.11 Å². The summed E-state index contributed by atoms with van der Waals surface area (Å²) in [4.78, 5) is 17.3. The van der Waals surface area contributed by atoms with Crippen molar-refractivity contribution in [3.8, 4) is 5.95 Å². The van der Waals surface area contributed by atoms with E-state index in [2.05, 4.69) is 35.2 Å². The Morgan fingerprint density at radius 2 is 1.96 bits per heavy atom. The first-order valence-electron chi connectivity index (χ1n) is 8.94. The van der Waals surface area contributed by atoms with Crippen LogP contribution in [0, 0.1) is 5.92 Å². The maximum absolute atomic E-state index is 12.8. The molecule has 4 heterocycles. The van der Waals surface area contributed by atoms with E-state index in [4.69, 9.17) is 9.15 Å². The van der Waals surface area contributed by atoms with Crippen LogP contribution in [0.25, 0.3) is 0 Å². The van der Waals surface area contributed by atoms with E-state index in [1.807, 2.05) is 4.90 Å². The van der Waals surface area contributed by atoms with Crippen molar-refractivity contribution in [2.75, 3.05) is 26.7 Å². The number of furan rings is 1. The van der Waals surface area contributed by atoms with Crippen molar-refractivity contribution in [2.24, 2.45) is 5.92 Å². The Bertz CT molecular complexity index is 728. The van der Waals surface area contributed by atoms with Gasteiger partial charge in [0.25, 0.3) is 11.9 Å². The summed E-state index contributed by atoms with van der Waals surface area (Å²) in [5.41, 5.74) is 1.34. The van der Waals surface area contributed by atoms with Crippen molar-refractivity contribution in [2.45, 2.75) is 25.4 Å². The number of rotatable bonds is 4. The number of fused-ring (bicyclic) bond motifs is 4. The fourth-order valence-corrected chi connectivity index (χ4v) is 4.06. The summed E-state index contributed by atoms with van der Waals surface area (Å²) in [6.07, 6.45) is 2.35. The topological polar surface area (TPSA) is 45.9 Å². The van der Waals surface area contributed by atoms with Gasteiger partial charge < -0.3 is 14.1 Å². The molecule has 1 aromatic carbocycles. The molecule has 3 saturated heterocycles. The van der Waals surface area contributed by atoms with Crippen molar-refractivity contribution in [3.05, 3.63) is 53.8 Å². The summed E-state index contributed by atoms with van der Waals surface area (Å²) in [6, 6.07) is 14.4. The van der Waals surface area contributed by atoms with E-state index in [9.17, 15) is 4.79 Å². The molecule has 5 rings (SSSR count). The summed E-state index contributed by atoms with van der Waals surface area (Å²) in [7, 11) is 1.54. The van der Waals surface area contributed by atoms with Crippen LogP contribution in [-0.2, 0) is 6.54 Å². The number of hydrogen-bond acceptors (Lipinski definition) is 4. The Kier molecular flexibility index (Phi) is 4.49. The Labute approximate surface area is 148 Å². The van der Waals surface area contributed by atoms with Gasteiger partial charge in [-0.1, -0.05) is 30.3 Å². The fourth-order valence-electron chi connectivity index (χ4n) is 4.06. The first-order valence-corrected chi connectivity index (χ1v) is 8.94. The van der Waals surface area contributed by atoms with Gasteiger partial charge in [0.2, 0.25) is 0 Å². The minimum absolute atomic E-state index is 0.0261. The van der Waals surface area contributed by atoms with Crippen LogP contribution in [0.1, 0.15) is 29.0 Å². The van der Waals surface area contributed by atoms with Gasteiger partial charge in [-0.05, 0) is 30.4 Å². The van der Waals surface area contributed by atoms with E-state index in [1.165, 1.54) is 12.0 Å². The largest absolute Gasteiger partial charge is 0.468 e. The molecule has 5 nitrogen and oxygen atoms in total. The number of methoxy groups -OCH3 is 1. The minimum Gasteiger partial charge on any atom is -0.468 e. The monoisotopic (exact) mass is 340 g/mol. The van der Waals surface area contributed by atoms with Crippen LogP contribution in [0.2, 0.25) is 0 Å². The maximum atomic E-state index is 12.8. The second kappa shape index (κ2) is 6.92. The molecule has 3 aliphatic heterocycles. The van der Waals surface area contributed by atoms with Gasteiger partial charge in [-0.3, -0.25) is 9.69 Å². The average molecular weight is 340 g/mol. The summed E-state index contributed by atoms with van der Waals surface area (Å²) < 4.78 is 10.5. The van der Waals surface area contributed by atoms with Crippen LogP contribution in [0.3, 0.4) is 0 Å². The molecule has 25 heavy (non-hydrogen) atoms. The molecule has 0 N–H and O–H groups in total. The number of piperidine rings is 1. The normalized spacial score (nSPS) is 23.5. The zero-order valence-corrected chi connectivity index (χ0v) is 14.6. The molecule has 2 bridgehead atoms. The lowest BCUT2D eigenvalue weighted by molar-refractivity contribution is 0.0698. The second-order valence-electron chi connectivity index (χ2n) is 7.05. The van der Waals surface area contributed by atoms with Crippen LogP contribution in [0.5, 0.6) is 5.95 Å². The number of amides is 1. The summed E-state index contributed by atoms with van der Waals surface area (Å²) in [5, 5.41) is 0. The Hall–Kier alpha value is -2.27. The fraction of sp³-hybridized carbons (Fsp3) is 0.450. The predicted molar refractivity (Wildman–Crippen MR) is 94.5 cm³/mol. The molecular formula is C20H24N2O3. The van der Waals surface area contributed by atoms with Crippen molar-refractivity contribution in [1.29, 1.82) is 0 Å². The second-order valence-corrected chi connectivity index (χ2v) is 7.05. The zero-order valence-electron chi connectivity index (χ0n) is 14.6. The van der Waals surface area contributed by atoms with Crippen LogP contribution < -0.4 is 4.74 Å². The van der Waals surface area contributed by atoms with E-state index in [0.717, 1.165) is 32.6 Å². The van der Waals surface area contributed by atoms with Gasteiger partial charge >= 0.3 is 0 Å². The quantitative estimate of drug-likeness (QED) is 0.858. The molecule has 2 aromatic rings. The highest BCUT2D eigenvalue weighted by atomic mass is 16.6. The molecule has 0 spiro atoms. The molecule has 0 saturated carbocycles. The van der Waals surface area contributed by atoms with Crippen molar-refractivity contribution >= 4 is 5.91 Å².